The van der Waals surface area contributed by atoms with Crippen molar-refractivity contribution < 1.29 is 5.11 Å². The molecule has 0 spiro atoms. The fourth-order valence-corrected chi connectivity index (χ4v) is 5.54. The van der Waals surface area contributed by atoms with Crippen LogP contribution in [0.3, 0.4) is 0 Å². The molecule has 3 aromatic rings. The third-order valence-electron chi connectivity index (χ3n) is 6.16. The minimum atomic E-state index is -0.193. The summed E-state index contributed by atoms with van der Waals surface area (Å²) in [7, 11) is 0. The van der Waals surface area contributed by atoms with Gasteiger partial charge in [0.2, 0.25) is 0 Å². The number of aliphatic hydroxyl groups is 1. The first-order chi connectivity index (χ1) is 15.0. The molecule has 1 saturated heterocycles. The molecule has 3 heterocycles. The predicted octanol–water partition coefficient (Wildman–Crippen LogP) is 5.10. The molecule has 31 heavy (non-hydrogen) atoms. The van der Waals surface area contributed by atoms with Crippen LogP contribution in [0.5, 0.6) is 0 Å². The van der Waals surface area contributed by atoms with E-state index in [-0.39, 0.29) is 12.0 Å². The largest absolute Gasteiger partial charge is 0.390 e. The fourth-order valence-electron chi connectivity index (χ4n) is 4.27. The molecule has 0 atom stereocenters. The third-order valence-corrected chi connectivity index (χ3v) is 7.86. The quantitative estimate of drug-likeness (QED) is 0.517. The number of rotatable bonds is 6. The molecule has 2 aromatic heterocycles. The highest BCUT2D eigenvalue weighted by atomic mass is 35.5. The number of nitrogens with two attached hydrogens (primary N) is 1. The highest BCUT2D eigenvalue weighted by molar-refractivity contribution is 7.09. The average Bonchev–Trinajstić information content (AvgIpc) is 3.29. The summed E-state index contributed by atoms with van der Waals surface area (Å²) >= 11 is 14.4. The lowest BCUT2D eigenvalue weighted by Gasteiger charge is -2.42. The Hall–Kier alpha value is -1.70. The van der Waals surface area contributed by atoms with E-state index in [0.29, 0.717) is 28.0 Å². The van der Waals surface area contributed by atoms with E-state index < -0.39 is 0 Å². The molecule has 5 nitrogen and oxygen atoms in total. The van der Waals surface area contributed by atoms with E-state index in [1.807, 2.05) is 19.1 Å². The summed E-state index contributed by atoms with van der Waals surface area (Å²) in [6, 6.07) is 9.73. The molecule has 1 aliphatic rings. The van der Waals surface area contributed by atoms with E-state index in [9.17, 15) is 5.11 Å². The summed E-state index contributed by atoms with van der Waals surface area (Å²) in [5, 5.41) is 13.1. The van der Waals surface area contributed by atoms with Crippen molar-refractivity contribution in [2.24, 2.45) is 11.1 Å². The zero-order valence-corrected chi connectivity index (χ0v) is 19.8. The van der Waals surface area contributed by atoms with Crippen LogP contribution in [0.1, 0.15) is 29.1 Å². The molecule has 0 bridgehead atoms. The van der Waals surface area contributed by atoms with Crippen molar-refractivity contribution in [3.05, 3.63) is 62.0 Å². The van der Waals surface area contributed by atoms with Gasteiger partial charge in [-0.1, -0.05) is 41.4 Å². The molecule has 0 amide bonds. The number of benzene rings is 1. The van der Waals surface area contributed by atoms with Crippen LogP contribution in [-0.4, -0.2) is 34.7 Å². The number of aryl methyl sites for hydroxylation is 1. The van der Waals surface area contributed by atoms with Crippen LogP contribution in [0.25, 0.3) is 11.3 Å². The molecule has 0 aliphatic carbocycles. The van der Waals surface area contributed by atoms with Crippen molar-refractivity contribution in [1.29, 1.82) is 0 Å². The van der Waals surface area contributed by atoms with Gasteiger partial charge in [-0.2, -0.15) is 0 Å². The van der Waals surface area contributed by atoms with Crippen LogP contribution in [0.2, 0.25) is 10.0 Å². The van der Waals surface area contributed by atoms with E-state index >= 15 is 0 Å². The van der Waals surface area contributed by atoms with E-state index in [0.717, 1.165) is 49.4 Å². The number of nitrogens with zero attached hydrogens (tertiary/aromatic N) is 3. The number of halogens is 2. The van der Waals surface area contributed by atoms with Gasteiger partial charge in [0, 0.05) is 23.5 Å². The zero-order valence-electron chi connectivity index (χ0n) is 17.4. The minimum Gasteiger partial charge on any atom is -0.390 e. The topological polar surface area (TPSA) is 75.3 Å². The Morgan fingerprint density at radius 2 is 1.94 bits per heavy atom. The van der Waals surface area contributed by atoms with Crippen molar-refractivity contribution in [3.63, 3.8) is 0 Å². The van der Waals surface area contributed by atoms with Crippen molar-refractivity contribution in [3.8, 4) is 11.3 Å². The van der Waals surface area contributed by atoms with Crippen LogP contribution in [-0.2, 0) is 13.0 Å². The van der Waals surface area contributed by atoms with E-state index in [2.05, 4.69) is 22.4 Å². The molecule has 0 saturated carbocycles. The van der Waals surface area contributed by atoms with Gasteiger partial charge in [0.25, 0.3) is 0 Å². The first-order valence-corrected chi connectivity index (χ1v) is 12.0. The Balaban J connectivity index is 1.59. The number of hydrogen-bond donors (Lipinski definition) is 2. The van der Waals surface area contributed by atoms with Crippen LogP contribution in [0.4, 0.5) is 5.82 Å². The monoisotopic (exact) mass is 476 g/mol. The summed E-state index contributed by atoms with van der Waals surface area (Å²) in [6.07, 6.45) is 2.97. The number of anilines is 1. The molecule has 1 aromatic carbocycles. The van der Waals surface area contributed by atoms with Gasteiger partial charge in [-0.05, 0) is 55.7 Å². The first kappa shape index (κ1) is 22.5. The Bertz CT molecular complexity index is 1050. The third kappa shape index (κ3) is 4.59. The fraction of sp³-hybridized carbons (Fsp3) is 0.391. The van der Waals surface area contributed by atoms with Crippen molar-refractivity contribution in [2.45, 2.75) is 32.8 Å². The lowest BCUT2D eigenvalue weighted by Crippen LogP contribution is -2.45. The Labute approximate surface area is 196 Å². The number of hydrogen-bond acceptors (Lipinski definition) is 6. The molecule has 0 radical (unpaired) electrons. The summed E-state index contributed by atoms with van der Waals surface area (Å²) in [5.74, 6) is 0.739. The minimum absolute atomic E-state index is 0.109. The predicted molar refractivity (Wildman–Crippen MR) is 129 cm³/mol. The molecule has 1 aliphatic heterocycles. The Morgan fingerprint density at radius 3 is 2.58 bits per heavy atom. The van der Waals surface area contributed by atoms with Gasteiger partial charge in [-0.3, -0.25) is 0 Å². The van der Waals surface area contributed by atoms with Gasteiger partial charge < -0.3 is 15.7 Å². The van der Waals surface area contributed by atoms with Crippen LogP contribution < -0.4 is 10.6 Å². The average molecular weight is 477 g/mol. The summed E-state index contributed by atoms with van der Waals surface area (Å²) < 4.78 is 0. The second-order valence-electron chi connectivity index (χ2n) is 8.13. The number of aromatic nitrogens is 2. The first-order valence-electron chi connectivity index (χ1n) is 10.4. The zero-order chi connectivity index (χ0) is 22.0. The molecule has 1 fully saturated rings. The maximum Gasteiger partial charge on any atom is 0.153 e. The summed E-state index contributed by atoms with van der Waals surface area (Å²) in [6.45, 7) is 4.06. The van der Waals surface area contributed by atoms with Gasteiger partial charge in [0.1, 0.15) is 5.69 Å². The highest BCUT2D eigenvalue weighted by Crippen LogP contribution is 2.38. The van der Waals surface area contributed by atoms with Crippen LogP contribution in [0.15, 0.2) is 35.7 Å². The smallest absolute Gasteiger partial charge is 0.153 e. The molecule has 164 valence electrons. The molecule has 3 N–H and O–H groups in total. The highest BCUT2D eigenvalue weighted by Gasteiger charge is 2.35. The van der Waals surface area contributed by atoms with Gasteiger partial charge in [-0.15, -0.1) is 11.3 Å². The normalized spacial score (nSPS) is 16.0. The lowest BCUT2D eigenvalue weighted by molar-refractivity contribution is 0.226. The van der Waals surface area contributed by atoms with Crippen LogP contribution >= 0.6 is 34.5 Å². The van der Waals surface area contributed by atoms with Gasteiger partial charge >= 0.3 is 0 Å². The van der Waals surface area contributed by atoms with E-state index in [1.165, 1.54) is 4.88 Å². The van der Waals surface area contributed by atoms with E-state index in [1.54, 1.807) is 17.4 Å². The van der Waals surface area contributed by atoms with Crippen molar-refractivity contribution in [1.82, 2.24) is 9.97 Å². The summed E-state index contributed by atoms with van der Waals surface area (Å²) in [5.41, 5.74) is 9.00. The maximum atomic E-state index is 10.0. The number of piperidine rings is 1. The van der Waals surface area contributed by atoms with Gasteiger partial charge in [-0.25, -0.2) is 9.97 Å². The number of thiophene rings is 1. The molecule has 4 rings (SSSR count). The van der Waals surface area contributed by atoms with Crippen molar-refractivity contribution >= 4 is 40.4 Å². The maximum absolute atomic E-state index is 10.0. The van der Waals surface area contributed by atoms with Gasteiger partial charge in [0.05, 0.1) is 28.0 Å². The van der Waals surface area contributed by atoms with E-state index in [4.69, 9.17) is 38.9 Å². The number of aliphatic hydroxyl groups excluding tert-OH is 1. The Morgan fingerprint density at radius 1 is 1.16 bits per heavy atom. The standard InChI is InChI=1S/C23H26Cl2N4OS/c1-15-21(17-5-2-6-18(24)20(17)25)28-19(13-30)22(27-15)29-9-7-23(14-26,8-10-29)12-16-4-3-11-31-16/h2-6,11,30H,7-10,12-14,26H2,1H3. The SMILES string of the molecule is Cc1nc(N2CCC(CN)(Cc3cccs3)CC2)c(CO)nc1-c1cccc(Cl)c1Cl. The van der Waals surface area contributed by atoms with Gasteiger partial charge in [0.15, 0.2) is 5.82 Å². The molecule has 8 heteroatoms. The second kappa shape index (κ2) is 9.43. The Kier molecular flexibility index (Phi) is 6.84. The summed E-state index contributed by atoms with van der Waals surface area (Å²) in [4.78, 5) is 13.2. The molecular formula is C23H26Cl2N4OS. The van der Waals surface area contributed by atoms with Crippen LogP contribution in [0, 0.1) is 12.3 Å². The molecular weight excluding hydrogens is 451 g/mol. The lowest BCUT2D eigenvalue weighted by atomic mass is 9.75. The van der Waals surface area contributed by atoms with Crippen molar-refractivity contribution in [2.75, 3.05) is 24.5 Å². The molecule has 0 unspecified atom stereocenters. The second-order valence-corrected chi connectivity index (χ2v) is 9.95.